The number of pyridine rings is 2. The van der Waals surface area contributed by atoms with Gasteiger partial charge in [0.05, 0.1) is 35.1 Å². The molecule has 0 unspecified atom stereocenters. The number of fused-ring (bicyclic) bond motifs is 6. The molecule has 0 radical (unpaired) electrons. The summed E-state index contributed by atoms with van der Waals surface area (Å²) in [5, 5.41) is 1.00. The van der Waals surface area contributed by atoms with Gasteiger partial charge in [0.15, 0.2) is 17.1 Å². The number of nitrogens with zero attached hydrogens (tertiary/aromatic N) is 3. The number of benzene rings is 1. The fourth-order valence-corrected chi connectivity index (χ4v) is 6.14. The van der Waals surface area contributed by atoms with Crippen LogP contribution in [-0.2, 0) is 39.6 Å². The molecule has 5 heterocycles. The van der Waals surface area contributed by atoms with Crippen molar-refractivity contribution in [3.63, 3.8) is 0 Å². The first-order valence-corrected chi connectivity index (χ1v) is 13.9. The fraction of sp³-hybridized carbons (Fsp3) is 0.500. The molecule has 0 spiro atoms. The molecule has 3 aliphatic heterocycles. The Labute approximate surface area is 227 Å². The number of carbonyl (C=O) groups excluding carboxylic acids is 1. The highest BCUT2D eigenvalue weighted by Gasteiger charge is 2.48. The van der Waals surface area contributed by atoms with Crippen LogP contribution in [0, 0.1) is 0 Å². The largest absolute Gasteiger partial charge is 0.486 e. The van der Waals surface area contributed by atoms with Crippen molar-refractivity contribution in [2.24, 2.45) is 0 Å². The minimum atomic E-state index is -1.33. The molecule has 0 saturated heterocycles. The van der Waals surface area contributed by atoms with Crippen LogP contribution in [0.25, 0.3) is 22.3 Å². The Morgan fingerprint density at radius 2 is 1.74 bits per heavy atom. The molecule has 0 amide bonds. The Morgan fingerprint density at radius 3 is 2.41 bits per heavy atom. The van der Waals surface area contributed by atoms with E-state index in [0.29, 0.717) is 61.0 Å². The molecule has 0 N–H and O–H groups in total. The van der Waals surface area contributed by atoms with Crippen LogP contribution in [0.4, 0.5) is 0 Å². The lowest BCUT2D eigenvalue weighted by Crippen LogP contribution is -2.47. The molecular formula is C30H35N3O6. The van der Waals surface area contributed by atoms with E-state index >= 15 is 0 Å². The van der Waals surface area contributed by atoms with Crippen molar-refractivity contribution < 1.29 is 23.7 Å². The van der Waals surface area contributed by atoms with Crippen molar-refractivity contribution >= 4 is 16.9 Å². The van der Waals surface area contributed by atoms with Crippen LogP contribution in [-0.4, -0.2) is 52.8 Å². The van der Waals surface area contributed by atoms with Gasteiger partial charge in [-0.1, -0.05) is 20.8 Å². The van der Waals surface area contributed by atoms with Crippen molar-refractivity contribution in [1.29, 1.82) is 0 Å². The van der Waals surface area contributed by atoms with Crippen molar-refractivity contribution in [2.75, 3.05) is 26.3 Å². The van der Waals surface area contributed by atoms with Gasteiger partial charge in [0.1, 0.15) is 19.8 Å². The summed E-state index contributed by atoms with van der Waals surface area (Å²) < 4.78 is 25.3. The van der Waals surface area contributed by atoms with Gasteiger partial charge in [0.25, 0.3) is 5.56 Å². The molecule has 9 nitrogen and oxygen atoms in total. The molecule has 3 aliphatic rings. The first-order chi connectivity index (χ1) is 18.8. The molecule has 9 heteroatoms. The Balaban J connectivity index is 1.61. The average molecular weight is 534 g/mol. The average Bonchev–Trinajstić information content (AvgIpc) is 3.30. The van der Waals surface area contributed by atoms with E-state index in [-0.39, 0.29) is 18.3 Å². The van der Waals surface area contributed by atoms with Gasteiger partial charge in [-0.2, -0.15) is 0 Å². The number of aromatic nitrogens is 2. The summed E-state index contributed by atoms with van der Waals surface area (Å²) >= 11 is 0. The number of carbonyl (C=O) groups is 1. The van der Waals surface area contributed by atoms with E-state index in [1.807, 2.05) is 39.0 Å². The highest BCUT2D eigenvalue weighted by Crippen LogP contribution is 2.44. The third-order valence-corrected chi connectivity index (χ3v) is 8.15. The molecular weight excluding hydrogens is 498 g/mol. The Kier molecular flexibility index (Phi) is 6.38. The van der Waals surface area contributed by atoms with Crippen LogP contribution in [0.2, 0.25) is 0 Å². The minimum absolute atomic E-state index is 0.0596. The zero-order valence-corrected chi connectivity index (χ0v) is 23.3. The molecule has 0 bridgehead atoms. The summed E-state index contributed by atoms with van der Waals surface area (Å²) in [7, 11) is 0. The first kappa shape index (κ1) is 25.8. The minimum Gasteiger partial charge on any atom is -0.486 e. The van der Waals surface area contributed by atoms with Gasteiger partial charge in [-0.3, -0.25) is 9.69 Å². The predicted octanol–water partition coefficient (Wildman–Crippen LogP) is 4.13. The van der Waals surface area contributed by atoms with Gasteiger partial charge in [0.2, 0.25) is 0 Å². The van der Waals surface area contributed by atoms with Crippen LogP contribution >= 0.6 is 0 Å². The Morgan fingerprint density at radius 1 is 1.03 bits per heavy atom. The maximum Gasteiger partial charge on any atom is 0.343 e. The molecule has 1 atom stereocenters. The van der Waals surface area contributed by atoms with Gasteiger partial charge < -0.3 is 23.5 Å². The fourth-order valence-electron chi connectivity index (χ4n) is 6.14. The van der Waals surface area contributed by atoms with Crippen molar-refractivity contribution in [1.82, 2.24) is 14.5 Å². The van der Waals surface area contributed by atoms with Gasteiger partial charge in [0, 0.05) is 29.1 Å². The maximum absolute atomic E-state index is 14.0. The lowest BCUT2D eigenvalue weighted by atomic mass is 9.85. The van der Waals surface area contributed by atoms with Gasteiger partial charge >= 0.3 is 5.97 Å². The van der Waals surface area contributed by atoms with Crippen LogP contribution in [0.3, 0.4) is 0 Å². The number of ether oxygens (including phenoxy) is 4. The molecule has 2 aromatic heterocycles. The second kappa shape index (κ2) is 9.64. The number of esters is 1. The molecule has 1 aromatic carbocycles. The quantitative estimate of drug-likeness (QED) is 0.328. The predicted molar refractivity (Wildman–Crippen MR) is 146 cm³/mol. The molecule has 0 fully saturated rings. The Hall–Kier alpha value is -3.43. The van der Waals surface area contributed by atoms with Gasteiger partial charge in [-0.15, -0.1) is 0 Å². The highest BCUT2D eigenvalue weighted by molar-refractivity contribution is 5.91. The summed E-state index contributed by atoms with van der Waals surface area (Å²) in [5.74, 6) is 0.939. The molecule has 39 heavy (non-hydrogen) atoms. The Bertz CT molecular complexity index is 1540. The van der Waals surface area contributed by atoms with Crippen LogP contribution in [0.5, 0.6) is 11.5 Å². The topological polar surface area (TPSA) is 92.1 Å². The summed E-state index contributed by atoms with van der Waals surface area (Å²) in [5.41, 5.74) is 3.97. The van der Waals surface area contributed by atoms with E-state index in [1.165, 1.54) is 0 Å². The third-order valence-electron chi connectivity index (χ3n) is 8.15. The number of hydrogen-bond donors (Lipinski definition) is 0. The summed E-state index contributed by atoms with van der Waals surface area (Å²) in [4.78, 5) is 34.6. The molecule has 0 aliphatic carbocycles. The first-order valence-electron chi connectivity index (χ1n) is 13.9. The lowest BCUT2D eigenvalue weighted by Gasteiger charge is -2.37. The van der Waals surface area contributed by atoms with E-state index in [0.717, 1.165) is 40.8 Å². The molecule has 3 aromatic rings. The smallest absolute Gasteiger partial charge is 0.343 e. The normalized spacial score (nSPS) is 19.3. The van der Waals surface area contributed by atoms with Crippen molar-refractivity contribution in [3.8, 4) is 22.9 Å². The third kappa shape index (κ3) is 3.93. The second-order valence-electron chi connectivity index (χ2n) is 10.6. The van der Waals surface area contributed by atoms with Crippen LogP contribution in [0.15, 0.2) is 23.0 Å². The van der Waals surface area contributed by atoms with Crippen molar-refractivity contribution in [3.05, 3.63) is 50.8 Å². The number of hydrogen-bond acceptors (Lipinski definition) is 8. The number of rotatable bonds is 7. The molecule has 6 rings (SSSR count). The van der Waals surface area contributed by atoms with E-state index in [1.54, 1.807) is 4.57 Å². The monoisotopic (exact) mass is 533 g/mol. The number of cyclic esters (lactones) is 1. The van der Waals surface area contributed by atoms with E-state index in [2.05, 4.69) is 18.7 Å². The SMILES string of the molecule is CCN(CC)Cc1c2c(nc3cc4c(cc13)OCCO4)-c1cc3c(c(=O)n1C2)COC(=O)[C@@]3(CC)OC(C)C. The van der Waals surface area contributed by atoms with Crippen LogP contribution < -0.4 is 15.0 Å². The summed E-state index contributed by atoms with van der Waals surface area (Å²) in [6.07, 6.45) is 0.122. The van der Waals surface area contributed by atoms with Crippen molar-refractivity contribution in [2.45, 2.75) is 72.4 Å². The van der Waals surface area contributed by atoms with Gasteiger partial charge in [-0.05, 0) is 51.1 Å². The molecule has 0 saturated carbocycles. The lowest BCUT2D eigenvalue weighted by molar-refractivity contribution is -0.187. The zero-order valence-electron chi connectivity index (χ0n) is 23.3. The van der Waals surface area contributed by atoms with Crippen LogP contribution in [0.1, 0.15) is 63.3 Å². The van der Waals surface area contributed by atoms with E-state index < -0.39 is 11.6 Å². The standard InChI is InChI=1S/C30H35N3O6/c1-6-30(39-17(4)5)22-12-24-27-20(15-33(24)28(34)21(22)16-38-29(30)35)19(14-32(7-2)8-3)18-11-25-26(13-23(18)31-27)37-10-9-36-25/h11-13,17H,6-10,14-16H2,1-5H3/t30-/m0/s1. The van der Waals surface area contributed by atoms with Gasteiger partial charge in [-0.25, -0.2) is 9.78 Å². The maximum atomic E-state index is 14.0. The van der Waals surface area contributed by atoms with E-state index in [9.17, 15) is 9.59 Å². The zero-order chi connectivity index (χ0) is 27.5. The summed E-state index contributed by atoms with van der Waals surface area (Å²) in [6, 6.07) is 5.90. The van der Waals surface area contributed by atoms with E-state index in [4.69, 9.17) is 23.9 Å². The highest BCUT2D eigenvalue weighted by atomic mass is 16.6. The second-order valence-corrected chi connectivity index (χ2v) is 10.6. The summed E-state index contributed by atoms with van der Waals surface area (Å²) in [6.45, 7) is 13.8. The molecule has 206 valence electrons.